The van der Waals surface area contributed by atoms with Gasteiger partial charge in [-0.25, -0.2) is 0 Å². The third kappa shape index (κ3) is 4.92. The van der Waals surface area contributed by atoms with E-state index in [0.29, 0.717) is 21.3 Å². The summed E-state index contributed by atoms with van der Waals surface area (Å²) in [4.78, 5) is 33.0. The molecule has 7 nitrogen and oxygen atoms in total. The van der Waals surface area contributed by atoms with Crippen LogP contribution in [0.5, 0.6) is 0 Å². The van der Waals surface area contributed by atoms with Crippen molar-refractivity contribution in [3.8, 4) is 6.07 Å². The number of hydrogen-bond acceptors (Lipinski definition) is 7. The minimum Gasteiger partial charge on any atom is -0.355 e. The highest BCUT2D eigenvalue weighted by molar-refractivity contribution is 8.26. The predicted molar refractivity (Wildman–Crippen MR) is 145 cm³/mol. The number of hydrogen-bond donors (Lipinski definition) is 0. The molecule has 0 bridgehead atoms. The molecule has 3 heterocycles. The number of benzene rings is 1. The molecule has 9 heteroatoms. The minimum atomic E-state index is -0.318. The summed E-state index contributed by atoms with van der Waals surface area (Å²) in [6.07, 6.45) is 1.81. The van der Waals surface area contributed by atoms with Crippen molar-refractivity contribution < 1.29 is 4.79 Å². The van der Waals surface area contributed by atoms with Gasteiger partial charge in [0.05, 0.1) is 11.4 Å². The molecule has 2 aliphatic heterocycles. The van der Waals surface area contributed by atoms with Gasteiger partial charge in [-0.3, -0.25) is 19.1 Å². The molecule has 1 aromatic heterocycles. The molecule has 1 aromatic carbocycles. The Kier molecular flexibility index (Phi) is 7.45. The number of amides is 1. The standard InChI is InChI=1S/C26H29N5O2S2/c1-5-29-10-12-30(13-11-29)23-20(18(3)21(15-27)24(32)28(23)4)14-22-25(33)31(26(34)35-22)16-19-8-6-17(2)7-9-19/h6-9,14H,5,10-13,16H2,1-4H3. The molecule has 2 saturated heterocycles. The number of rotatable bonds is 5. The molecule has 4 rings (SSSR count). The van der Waals surface area contributed by atoms with Gasteiger partial charge in [0.25, 0.3) is 11.5 Å². The molecule has 0 saturated carbocycles. The fourth-order valence-electron chi connectivity index (χ4n) is 4.51. The Morgan fingerprint density at radius 2 is 1.77 bits per heavy atom. The van der Waals surface area contributed by atoms with E-state index in [1.807, 2.05) is 37.3 Å². The number of aromatic nitrogens is 1. The van der Waals surface area contributed by atoms with Crippen LogP contribution in [0, 0.1) is 25.2 Å². The topological polar surface area (TPSA) is 72.6 Å². The predicted octanol–water partition coefficient (Wildman–Crippen LogP) is 3.42. The van der Waals surface area contributed by atoms with E-state index in [1.54, 1.807) is 23.4 Å². The largest absolute Gasteiger partial charge is 0.355 e. The highest BCUT2D eigenvalue weighted by Gasteiger charge is 2.33. The first-order valence-corrected chi connectivity index (χ1v) is 12.9. The van der Waals surface area contributed by atoms with Crippen LogP contribution in [0.4, 0.5) is 5.82 Å². The fraction of sp³-hybridized carbons (Fsp3) is 0.385. The van der Waals surface area contributed by atoms with Gasteiger partial charge in [0.1, 0.15) is 21.8 Å². The number of nitrogens with zero attached hydrogens (tertiary/aromatic N) is 5. The monoisotopic (exact) mass is 507 g/mol. The molecule has 35 heavy (non-hydrogen) atoms. The van der Waals surface area contributed by atoms with E-state index in [4.69, 9.17) is 12.2 Å². The van der Waals surface area contributed by atoms with E-state index in [-0.39, 0.29) is 17.0 Å². The minimum absolute atomic E-state index is 0.102. The zero-order chi connectivity index (χ0) is 25.3. The van der Waals surface area contributed by atoms with Gasteiger partial charge >= 0.3 is 0 Å². The number of pyridine rings is 1. The molecule has 0 spiro atoms. The van der Waals surface area contributed by atoms with Crippen molar-refractivity contribution in [3.63, 3.8) is 0 Å². The van der Waals surface area contributed by atoms with Gasteiger partial charge in [0.15, 0.2) is 0 Å². The van der Waals surface area contributed by atoms with E-state index >= 15 is 0 Å². The second-order valence-corrected chi connectivity index (χ2v) is 10.6. The number of piperazine rings is 1. The maximum atomic E-state index is 13.4. The van der Waals surface area contributed by atoms with Crippen molar-refractivity contribution in [1.82, 2.24) is 14.4 Å². The second-order valence-electron chi connectivity index (χ2n) is 8.89. The molecule has 2 aromatic rings. The first kappa shape index (κ1) is 25.2. The maximum Gasteiger partial charge on any atom is 0.270 e. The summed E-state index contributed by atoms with van der Waals surface area (Å²) in [5, 5.41) is 9.69. The van der Waals surface area contributed by atoms with Gasteiger partial charge in [-0.05, 0) is 37.6 Å². The molecular formula is C26H29N5O2S2. The zero-order valence-corrected chi connectivity index (χ0v) is 22.1. The lowest BCUT2D eigenvalue weighted by atomic mass is 10.0. The molecule has 2 aliphatic rings. The Morgan fingerprint density at radius 3 is 2.37 bits per heavy atom. The lowest BCUT2D eigenvalue weighted by Gasteiger charge is -2.37. The number of carbonyl (C=O) groups excluding carboxylic acids is 1. The Hall–Kier alpha value is -2.93. The molecule has 0 aliphatic carbocycles. The first-order chi connectivity index (χ1) is 16.7. The first-order valence-electron chi connectivity index (χ1n) is 11.7. The molecule has 0 atom stereocenters. The summed E-state index contributed by atoms with van der Waals surface area (Å²) < 4.78 is 2.05. The van der Waals surface area contributed by atoms with Crippen LogP contribution in [0.2, 0.25) is 0 Å². The highest BCUT2D eigenvalue weighted by Crippen LogP contribution is 2.36. The van der Waals surface area contributed by atoms with Crippen molar-refractivity contribution in [2.75, 3.05) is 37.6 Å². The van der Waals surface area contributed by atoms with E-state index in [1.165, 1.54) is 11.8 Å². The van der Waals surface area contributed by atoms with E-state index in [9.17, 15) is 14.9 Å². The lowest BCUT2D eigenvalue weighted by Crippen LogP contribution is -2.48. The molecule has 0 N–H and O–H groups in total. The highest BCUT2D eigenvalue weighted by atomic mass is 32.2. The van der Waals surface area contributed by atoms with E-state index < -0.39 is 0 Å². The van der Waals surface area contributed by atoms with Crippen LogP contribution in [0.15, 0.2) is 34.0 Å². The van der Waals surface area contributed by atoms with Gasteiger partial charge in [-0.2, -0.15) is 5.26 Å². The summed E-state index contributed by atoms with van der Waals surface area (Å²) >= 11 is 6.81. The quantitative estimate of drug-likeness (QED) is 0.454. The Bertz CT molecular complexity index is 1300. The Morgan fingerprint density at radius 1 is 1.11 bits per heavy atom. The third-order valence-electron chi connectivity index (χ3n) is 6.70. The number of aryl methyl sites for hydroxylation is 1. The van der Waals surface area contributed by atoms with Crippen LogP contribution in [0.1, 0.15) is 34.7 Å². The Labute approximate surface area is 215 Å². The summed E-state index contributed by atoms with van der Waals surface area (Å²) in [6.45, 7) is 10.6. The third-order valence-corrected chi connectivity index (χ3v) is 8.08. The van der Waals surface area contributed by atoms with Crippen molar-refractivity contribution in [2.45, 2.75) is 27.3 Å². The molecule has 182 valence electrons. The number of nitriles is 1. The van der Waals surface area contributed by atoms with Gasteiger partial charge in [0.2, 0.25) is 0 Å². The normalized spacial score (nSPS) is 18.0. The van der Waals surface area contributed by atoms with Crippen molar-refractivity contribution in [2.24, 2.45) is 7.05 Å². The number of anilines is 1. The number of likely N-dealkylation sites (N-methyl/N-ethyl adjacent to an activating group) is 1. The second kappa shape index (κ2) is 10.4. The van der Waals surface area contributed by atoms with E-state index in [2.05, 4.69) is 22.8 Å². The van der Waals surface area contributed by atoms with Crippen LogP contribution in [0.25, 0.3) is 6.08 Å². The van der Waals surface area contributed by atoms with Gasteiger partial charge in [0, 0.05) is 38.8 Å². The summed E-state index contributed by atoms with van der Waals surface area (Å²) in [5.74, 6) is 0.583. The van der Waals surface area contributed by atoms with Crippen LogP contribution >= 0.6 is 24.0 Å². The van der Waals surface area contributed by atoms with Gasteiger partial charge in [-0.15, -0.1) is 0 Å². The van der Waals surface area contributed by atoms with Crippen LogP contribution in [-0.2, 0) is 18.4 Å². The molecule has 2 fully saturated rings. The smallest absolute Gasteiger partial charge is 0.270 e. The summed E-state index contributed by atoms with van der Waals surface area (Å²) in [7, 11) is 1.70. The van der Waals surface area contributed by atoms with E-state index in [0.717, 1.165) is 55.2 Å². The number of thioether (sulfide) groups is 1. The average molecular weight is 508 g/mol. The summed E-state index contributed by atoms with van der Waals surface area (Å²) in [6, 6.07) is 10.1. The van der Waals surface area contributed by atoms with Crippen LogP contribution in [-0.4, -0.2) is 57.3 Å². The number of carbonyl (C=O) groups is 1. The number of thiocarbonyl (C=S) groups is 1. The van der Waals surface area contributed by atoms with Gasteiger partial charge < -0.3 is 9.80 Å². The van der Waals surface area contributed by atoms with Gasteiger partial charge in [-0.1, -0.05) is 60.7 Å². The zero-order valence-electron chi connectivity index (χ0n) is 20.5. The molecule has 1 amide bonds. The van der Waals surface area contributed by atoms with Crippen LogP contribution in [0.3, 0.4) is 0 Å². The SMILES string of the molecule is CCN1CCN(c2c(C=C3SC(=S)N(Cc4ccc(C)cc4)C3=O)c(C)c(C#N)c(=O)n2C)CC1. The summed E-state index contributed by atoms with van der Waals surface area (Å²) in [5.41, 5.74) is 3.26. The molecular weight excluding hydrogens is 478 g/mol. The van der Waals surface area contributed by atoms with Crippen LogP contribution < -0.4 is 10.5 Å². The molecule has 0 unspecified atom stereocenters. The fourth-order valence-corrected chi connectivity index (χ4v) is 5.75. The van der Waals surface area contributed by atoms with Crippen molar-refractivity contribution in [3.05, 3.63) is 67.3 Å². The maximum absolute atomic E-state index is 13.4. The van der Waals surface area contributed by atoms with Crippen molar-refractivity contribution in [1.29, 1.82) is 5.26 Å². The average Bonchev–Trinajstić information content (AvgIpc) is 3.12. The Balaban J connectivity index is 1.74. The molecule has 0 radical (unpaired) electrons. The van der Waals surface area contributed by atoms with Crippen molar-refractivity contribution >= 4 is 46.1 Å². The lowest BCUT2D eigenvalue weighted by molar-refractivity contribution is -0.122.